The van der Waals surface area contributed by atoms with E-state index in [1.165, 1.54) is 12.8 Å². The topological polar surface area (TPSA) is 26.3 Å². The molecule has 104 valence electrons. The van der Waals surface area contributed by atoms with Crippen LogP contribution >= 0.6 is 0 Å². The van der Waals surface area contributed by atoms with E-state index in [9.17, 15) is 4.79 Å². The monoisotopic (exact) mass is 260 g/mol. The van der Waals surface area contributed by atoms with E-state index in [1.54, 1.807) is 0 Å². The fraction of sp³-hybridized carbons (Fsp3) is 0.588. The molecule has 0 atom stereocenters. The molecule has 19 heavy (non-hydrogen) atoms. The molecule has 2 rings (SSSR count). The molecule has 1 aromatic carbocycles. The second-order valence-electron chi connectivity index (χ2n) is 6.01. The second kappa shape index (κ2) is 6.23. The van der Waals surface area contributed by atoms with Gasteiger partial charge < -0.3 is 4.74 Å². The second-order valence-corrected chi connectivity index (χ2v) is 6.01. The van der Waals surface area contributed by atoms with Gasteiger partial charge >= 0.3 is 0 Å². The summed E-state index contributed by atoms with van der Waals surface area (Å²) in [5.74, 6) is 2.16. The highest BCUT2D eigenvalue weighted by molar-refractivity contribution is 5.97. The van der Waals surface area contributed by atoms with Crippen LogP contribution in [0.1, 0.15) is 56.8 Å². The summed E-state index contributed by atoms with van der Waals surface area (Å²) in [6.07, 6.45) is 4.63. The van der Waals surface area contributed by atoms with Crippen molar-refractivity contribution in [3.8, 4) is 5.75 Å². The lowest BCUT2D eigenvalue weighted by atomic mass is 9.79. The fourth-order valence-corrected chi connectivity index (χ4v) is 2.73. The van der Waals surface area contributed by atoms with E-state index < -0.39 is 0 Å². The predicted octanol–water partition coefficient (Wildman–Crippen LogP) is 4.48. The van der Waals surface area contributed by atoms with E-state index in [2.05, 4.69) is 6.92 Å². The van der Waals surface area contributed by atoms with Crippen LogP contribution in [0.15, 0.2) is 24.3 Å². The highest BCUT2D eigenvalue weighted by Gasteiger charge is 2.25. The van der Waals surface area contributed by atoms with Gasteiger partial charge in [0.2, 0.25) is 0 Å². The molecule has 2 heteroatoms. The summed E-state index contributed by atoms with van der Waals surface area (Å²) in [5, 5.41) is 0. The zero-order valence-corrected chi connectivity index (χ0v) is 12.2. The van der Waals surface area contributed by atoms with E-state index in [-0.39, 0.29) is 12.0 Å². The molecule has 0 spiro atoms. The third-order valence-corrected chi connectivity index (χ3v) is 3.90. The lowest BCUT2D eigenvalue weighted by molar-refractivity contribution is 0.0875. The van der Waals surface area contributed by atoms with Crippen LogP contribution in [0.3, 0.4) is 0 Å². The average Bonchev–Trinajstić information content (AvgIpc) is 2.39. The Hall–Kier alpha value is -1.31. The summed E-state index contributed by atoms with van der Waals surface area (Å²) in [5.41, 5.74) is 0.829. The average molecular weight is 260 g/mol. The van der Waals surface area contributed by atoms with E-state index in [4.69, 9.17) is 4.74 Å². The van der Waals surface area contributed by atoms with Crippen molar-refractivity contribution < 1.29 is 9.53 Å². The van der Waals surface area contributed by atoms with Crippen molar-refractivity contribution in [3.63, 3.8) is 0 Å². The van der Waals surface area contributed by atoms with Gasteiger partial charge in [-0.05, 0) is 56.9 Å². The van der Waals surface area contributed by atoms with Crippen molar-refractivity contribution in [2.45, 2.75) is 52.6 Å². The van der Waals surface area contributed by atoms with Crippen LogP contribution in [0.25, 0.3) is 0 Å². The lowest BCUT2D eigenvalue weighted by Gasteiger charge is -2.25. The highest BCUT2D eigenvalue weighted by Crippen LogP contribution is 2.30. The van der Waals surface area contributed by atoms with Crippen LogP contribution in [0.4, 0.5) is 0 Å². The first kappa shape index (κ1) is 14.1. The zero-order chi connectivity index (χ0) is 13.8. The normalized spacial score (nSPS) is 23.4. The van der Waals surface area contributed by atoms with E-state index >= 15 is 0 Å². The molecule has 0 unspecified atom stereocenters. The Labute approximate surface area is 116 Å². The van der Waals surface area contributed by atoms with E-state index in [0.717, 1.165) is 30.1 Å². The molecule has 1 aromatic rings. The molecule has 0 aromatic heterocycles. The zero-order valence-electron chi connectivity index (χ0n) is 12.2. The molecule has 0 N–H and O–H groups in total. The first-order valence-corrected chi connectivity index (χ1v) is 7.37. The quantitative estimate of drug-likeness (QED) is 0.746. The van der Waals surface area contributed by atoms with Gasteiger partial charge in [-0.25, -0.2) is 0 Å². The molecule has 0 amide bonds. The number of hydrogen-bond donors (Lipinski definition) is 0. The van der Waals surface area contributed by atoms with Gasteiger partial charge in [-0.15, -0.1) is 0 Å². The molecule has 1 fully saturated rings. The van der Waals surface area contributed by atoms with Gasteiger partial charge in [0.25, 0.3) is 0 Å². The van der Waals surface area contributed by atoms with Gasteiger partial charge in [0.15, 0.2) is 5.78 Å². The number of hydrogen-bond acceptors (Lipinski definition) is 2. The van der Waals surface area contributed by atoms with Gasteiger partial charge in [-0.3, -0.25) is 4.79 Å². The molecule has 1 aliphatic carbocycles. The first-order valence-electron chi connectivity index (χ1n) is 7.37. The maximum absolute atomic E-state index is 12.4. The third-order valence-electron chi connectivity index (χ3n) is 3.90. The number of carbonyl (C=O) groups excluding carboxylic acids is 1. The van der Waals surface area contributed by atoms with E-state index in [0.29, 0.717) is 5.78 Å². The molecule has 0 aliphatic heterocycles. The molecule has 0 radical (unpaired) electrons. The van der Waals surface area contributed by atoms with Crippen molar-refractivity contribution in [2.75, 3.05) is 0 Å². The van der Waals surface area contributed by atoms with Crippen molar-refractivity contribution in [1.29, 1.82) is 0 Å². The minimum atomic E-state index is 0.168. The number of Topliss-reactive ketones (excluding diaryl/α,β-unsaturated/α-hetero) is 1. The molecule has 1 saturated carbocycles. The maximum atomic E-state index is 12.4. The SMILES string of the molecule is CC1CCC(C(=O)c2ccc(OC(C)C)cc2)CC1. The van der Waals surface area contributed by atoms with Crippen LogP contribution in [0, 0.1) is 11.8 Å². The minimum Gasteiger partial charge on any atom is -0.491 e. The number of ketones is 1. The summed E-state index contributed by atoms with van der Waals surface area (Å²) in [6, 6.07) is 7.60. The minimum absolute atomic E-state index is 0.168. The van der Waals surface area contributed by atoms with Crippen LogP contribution < -0.4 is 4.74 Å². The van der Waals surface area contributed by atoms with Gasteiger partial charge in [0, 0.05) is 11.5 Å². The molecular formula is C17H24O2. The Kier molecular flexibility index (Phi) is 4.62. The summed E-state index contributed by atoms with van der Waals surface area (Å²) in [4.78, 5) is 12.4. The van der Waals surface area contributed by atoms with Crippen LogP contribution in [0.2, 0.25) is 0 Å². The third kappa shape index (κ3) is 3.82. The standard InChI is InChI=1S/C17H24O2/c1-12(2)19-16-10-8-15(9-11-16)17(18)14-6-4-13(3)5-7-14/h8-14H,4-7H2,1-3H3. The van der Waals surface area contributed by atoms with Crippen LogP contribution in [-0.2, 0) is 0 Å². The van der Waals surface area contributed by atoms with Gasteiger partial charge in [0.1, 0.15) is 5.75 Å². The van der Waals surface area contributed by atoms with Gasteiger partial charge in [-0.2, -0.15) is 0 Å². The van der Waals surface area contributed by atoms with Gasteiger partial charge in [-0.1, -0.05) is 19.8 Å². The highest BCUT2D eigenvalue weighted by atomic mass is 16.5. The maximum Gasteiger partial charge on any atom is 0.165 e. The lowest BCUT2D eigenvalue weighted by Crippen LogP contribution is -2.20. The molecule has 2 nitrogen and oxygen atoms in total. The Balaban J connectivity index is 1.99. The molecular weight excluding hydrogens is 236 g/mol. The van der Waals surface area contributed by atoms with Crippen LogP contribution in [-0.4, -0.2) is 11.9 Å². The Morgan fingerprint density at radius 2 is 1.68 bits per heavy atom. The van der Waals surface area contributed by atoms with Gasteiger partial charge in [0.05, 0.1) is 6.10 Å². The molecule has 0 saturated heterocycles. The smallest absolute Gasteiger partial charge is 0.165 e. The number of benzene rings is 1. The largest absolute Gasteiger partial charge is 0.491 e. The number of carbonyl (C=O) groups is 1. The van der Waals surface area contributed by atoms with Crippen molar-refractivity contribution in [1.82, 2.24) is 0 Å². The summed E-state index contributed by atoms with van der Waals surface area (Å²) in [7, 11) is 0. The van der Waals surface area contributed by atoms with E-state index in [1.807, 2.05) is 38.1 Å². The summed E-state index contributed by atoms with van der Waals surface area (Å²) in [6.45, 7) is 6.28. The number of ether oxygens (including phenoxy) is 1. The fourth-order valence-electron chi connectivity index (χ4n) is 2.73. The predicted molar refractivity (Wildman–Crippen MR) is 77.7 cm³/mol. The van der Waals surface area contributed by atoms with Crippen molar-refractivity contribution in [3.05, 3.63) is 29.8 Å². The Morgan fingerprint density at radius 1 is 1.11 bits per heavy atom. The molecule has 0 bridgehead atoms. The van der Waals surface area contributed by atoms with Crippen LogP contribution in [0.5, 0.6) is 5.75 Å². The summed E-state index contributed by atoms with van der Waals surface area (Å²) >= 11 is 0. The summed E-state index contributed by atoms with van der Waals surface area (Å²) < 4.78 is 5.60. The number of rotatable bonds is 4. The first-order chi connectivity index (χ1) is 9.06. The Morgan fingerprint density at radius 3 is 2.21 bits per heavy atom. The molecule has 1 aliphatic rings. The van der Waals surface area contributed by atoms with Crippen molar-refractivity contribution >= 4 is 5.78 Å². The Bertz CT molecular complexity index is 411. The molecule has 0 heterocycles. The van der Waals surface area contributed by atoms with Crippen molar-refractivity contribution in [2.24, 2.45) is 11.8 Å².